The largest absolute Gasteiger partial charge is 0.508 e. The number of benzene rings is 1. The van der Waals surface area contributed by atoms with E-state index in [0.717, 1.165) is 0 Å². The van der Waals surface area contributed by atoms with Crippen LogP contribution in [0.4, 0.5) is 0 Å². The van der Waals surface area contributed by atoms with E-state index in [1.165, 1.54) is 13.5 Å². The van der Waals surface area contributed by atoms with Gasteiger partial charge in [0.25, 0.3) is 0 Å². The summed E-state index contributed by atoms with van der Waals surface area (Å²) in [5.41, 5.74) is -1.30. The lowest BCUT2D eigenvalue weighted by Crippen LogP contribution is -2.49. The average molecular weight is 256 g/mol. The van der Waals surface area contributed by atoms with Crippen LogP contribution in [0.5, 0.6) is 5.75 Å². The van der Waals surface area contributed by atoms with Crippen LogP contribution in [0.25, 0.3) is 0 Å². The highest BCUT2D eigenvalue weighted by molar-refractivity contribution is 6.49. The minimum Gasteiger partial charge on any atom is -0.508 e. The summed E-state index contributed by atoms with van der Waals surface area (Å²) >= 11 is 5.82. The summed E-state index contributed by atoms with van der Waals surface area (Å²) in [6.07, 6.45) is 0. The minimum atomic E-state index is -1.00. The van der Waals surface area contributed by atoms with Gasteiger partial charge in [0.1, 0.15) is 5.75 Å². The molecular formula is C12H17BClO3. The monoisotopic (exact) mass is 255 g/mol. The molecule has 0 spiro atoms. The van der Waals surface area contributed by atoms with Crippen LogP contribution < -0.4 is 5.46 Å². The number of hydrogen-bond donors (Lipinski definition) is 2. The molecule has 0 aliphatic rings. The van der Waals surface area contributed by atoms with Gasteiger partial charge in [-0.1, -0.05) is 11.6 Å². The van der Waals surface area contributed by atoms with E-state index in [2.05, 4.69) is 0 Å². The van der Waals surface area contributed by atoms with Gasteiger partial charge in [-0.2, -0.15) is 0 Å². The predicted octanol–water partition coefficient (Wildman–Crippen LogP) is 1.86. The molecule has 17 heavy (non-hydrogen) atoms. The molecule has 93 valence electrons. The van der Waals surface area contributed by atoms with Gasteiger partial charge in [-0.25, -0.2) is 0 Å². The molecule has 0 unspecified atom stereocenters. The standard InChI is InChI=1S/C12H17BClO3/c1-11(2,16)12(3,4)17-13-9-7-8(14)5-6-10(9)15/h5-7,15-16H,1-4H3. The zero-order valence-corrected chi connectivity index (χ0v) is 11.2. The van der Waals surface area contributed by atoms with Gasteiger partial charge in [0, 0.05) is 5.02 Å². The molecular weight excluding hydrogens is 238 g/mol. The van der Waals surface area contributed by atoms with E-state index in [0.29, 0.717) is 10.5 Å². The van der Waals surface area contributed by atoms with Crippen molar-refractivity contribution >= 4 is 24.5 Å². The van der Waals surface area contributed by atoms with Gasteiger partial charge in [0.15, 0.2) is 0 Å². The van der Waals surface area contributed by atoms with Gasteiger partial charge in [0.05, 0.1) is 11.2 Å². The van der Waals surface area contributed by atoms with Crippen LogP contribution >= 0.6 is 11.6 Å². The Balaban J connectivity index is 2.77. The molecule has 0 aliphatic carbocycles. The Bertz CT molecular complexity index is 399. The number of rotatable bonds is 4. The summed E-state index contributed by atoms with van der Waals surface area (Å²) in [5.74, 6) is 0.0842. The number of halogens is 1. The van der Waals surface area contributed by atoms with E-state index in [-0.39, 0.29) is 5.75 Å². The minimum absolute atomic E-state index is 0.0842. The molecule has 0 aromatic heterocycles. The molecule has 0 amide bonds. The molecule has 0 bridgehead atoms. The fraction of sp³-hybridized carbons (Fsp3) is 0.500. The van der Waals surface area contributed by atoms with Crippen molar-refractivity contribution in [2.24, 2.45) is 0 Å². The molecule has 0 fully saturated rings. The van der Waals surface area contributed by atoms with E-state index in [4.69, 9.17) is 16.3 Å². The first-order chi connectivity index (χ1) is 7.63. The van der Waals surface area contributed by atoms with Gasteiger partial charge < -0.3 is 14.9 Å². The van der Waals surface area contributed by atoms with Crippen LogP contribution in [-0.2, 0) is 4.65 Å². The Morgan fingerprint density at radius 3 is 2.35 bits per heavy atom. The van der Waals surface area contributed by atoms with Gasteiger partial charge in [-0.15, -0.1) is 0 Å². The summed E-state index contributed by atoms with van der Waals surface area (Å²) in [6.45, 7) is 6.87. The average Bonchev–Trinajstić information content (AvgIpc) is 2.18. The summed E-state index contributed by atoms with van der Waals surface area (Å²) in [7, 11) is 1.40. The zero-order valence-electron chi connectivity index (χ0n) is 10.5. The second kappa shape index (κ2) is 4.88. The second-order valence-electron chi connectivity index (χ2n) is 5.01. The SMILES string of the molecule is CC(C)(O)C(C)(C)O[B]c1cc(Cl)ccc1O. The third kappa shape index (κ3) is 3.63. The van der Waals surface area contributed by atoms with Crippen molar-refractivity contribution in [3.05, 3.63) is 23.2 Å². The number of phenols is 1. The maximum Gasteiger partial charge on any atom is 0.334 e. The Kier molecular flexibility index (Phi) is 4.13. The zero-order chi connectivity index (χ0) is 13.3. The van der Waals surface area contributed by atoms with Crippen molar-refractivity contribution in [1.29, 1.82) is 0 Å². The molecule has 5 heteroatoms. The van der Waals surface area contributed by atoms with Crippen LogP contribution in [0.15, 0.2) is 18.2 Å². The highest BCUT2D eigenvalue weighted by Gasteiger charge is 2.35. The fourth-order valence-electron chi connectivity index (χ4n) is 0.975. The molecule has 0 saturated carbocycles. The third-order valence-corrected chi connectivity index (χ3v) is 3.18. The highest BCUT2D eigenvalue weighted by Crippen LogP contribution is 2.24. The van der Waals surface area contributed by atoms with E-state index < -0.39 is 11.2 Å². The summed E-state index contributed by atoms with van der Waals surface area (Å²) in [5, 5.41) is 20.0. The number of phenolic OH excluding ortho intramolecular Hbond substituents is 1. The normalized spacial score (nSPS) is 12.6. The van der Waals surface area contributed by atoms with Crippen LogP contribution in [0.1, 0.15) is 27.7 Å². The maximum atomic E-state index is 9.91. The first-order valence-corrected chi connectivity index (χ1v) is 5.73. The van der Waals surface area contributed by atoms with Crippen molar-refractivity contribution in [2.75, 3.05) is 0 Å². The van der Waals surface area contributed by atoms with Crippen LogP contribution in [0.2, 0.25) is 5.02 Å². The summed E-state index contributed by atoms with van der Waals surface area (Å²) in [4.78, 5) is 0. The van der Waals surface area contributed by atoms with Crippen LogP contribution in [-0.4, -0.2) is 28.9 Å². The quantitative estimate of drug-likeness (QED) is 0.808. The molecule has 0 heterocycles. The summed E-state index contributed by atoms with van der Waals surface area (Å²) < 4.78 is 5.52. The van der Waals surface area contributed by atoms with Crippen molar-refractivity contribution in [3.8, 4) is 5.75 Å². The number of hydrogen-bond acceptors (Lipinski definition) is 3. The van der Waals surface area contributed by atoms with Gasteiger partial charge >= 0.3 is 7.48 Å². The third-order valence-electron chi connectivity index (χ3n) is 2.94. The van der Waals surface area contributed by atoms with Crippen molar-refractivity contribution in [2.45, 2.75) is 38.9 Å². The lowest BCUT2D eigenvalue weighted by Gasteiger charge is -2.37. The first kappa shape index (κ1) is 14.4. The lowest BCUT2D eigenvalue weighted by atomic mass is 9.82. The van der Waals surface area contributed by atoms with Crippen molar-refractivity contribution < 1.29 is 14.9 Å². The smallest absolute Gasteiger partial charge is 0.334 e. The van der Waals surface area contributed by atoms with Crippen molar-refractivity contribution in [1.82, 2.24) is 0 Å². The highest BCUT2D eigenvalue weighted by atomic mass is 35.5. The van der Waals surface area contributed by atoms with E-state index in [9.17, 15) is 10.2 Å². The van der Waals surface area contributed by atoms with Crippen LogP contribution in [0, 0.1) is 0 Å². The molecule has 1 radical (unpaired) electrons. The van der Waals surface area contributed by atoms with Crippen LogP contribution in [0.3, 0.4) is 0 Å². The Labute approximate surface area is 108 Å². The summed E-state index contributed by atoms with van der Waals surface area (Å²) in [6, 6.07) is 4.68. The Morgan fingerprint density at radius 2 is 1.82 bits per heavy atom. The van der Waals surface area contributed by atoms with E-state index in [1.54, 1.807) is 39.8 Å². The number of aromatic hydroxyl groups is 1. The van der Waals surface area contributed by atoms with E-state index >= 15 is 0 Å². The van der Waals surface area contributed by atoms with Crippen molar-refractivity contribution in [3.63, 3.8) is 0 Å². The first-order valence-electron chi connectivity index (χ1n) is 5.35. The number of aliphatic hydroxyl groups is 1. The molecule has 0 aliphatic heterocycles. The molecule has 0 saturated heterocycles. The molecule has 0 atom stereocenters. The topological polar surface area (TPSA) is 49.7 Å². The molecule has 1 rings (SSSR count). The molecule has 2 N–H and O–H groups in total. The Hall–Kier alpha value is -0.705. The predicted molar refractivity (Wildman–Crippen MR) is 70.0 cm³/mol. The van der Waals surface area contributed by atoms with Gasteiger partial charge in [-0.05, 0) is 51.4 Å². The van der Waals surface area contributed by atoms with Gasteiger partial charge in [0.2, 0.25) is 0 Å². The maximum absolute atomic E-state index is 9.91. The molecule has 1 aromatic rings. The fourth-order valence-corrected chi connectivity index (χ4v) is 1.16. The Morgan fingerprint density at radius 1 is 1.24 bits per heavy atom. The second-order valence-corrected chi connectivity index (χ2v) is 5.44. The molecule has 3 nitrogen and oxygen atoms in total. The van der Waals surface area contributed by atoms with E-state index in [1.807, 2.05) is 0 Å². The lowest BCUT2D eigenvalue weighted by molar-refractivity contribution is -0.0893. The van der Waals surface area contributed by atoms with Gasteiger partial charge in [-0.3, -0.25) is 0 Å². The molecule has 1 aromatic carbocycles.